The maximum absolute atomic E-state index is 6.01. The van der Waals surface area contributed by atoms with Crippen LogP contribution >= 0.6 is 0 Å². The van der Waals surface area contributed by atoms with Crippen molar-refractivity contribution in [2.24, 2.45) is 0 Å². The van der Waals surface area contributed by atoms with Gasteiger partial charge in [-0.05, 0) is 17.9 Å². The van der Waals surface area contributed by atoms with Crippen molar-refractivity contribution in [3.8, 4) is 0 Å². The van der Waals surface area contributed by atoms with E-state index in [9.17, 15) is 0 Å². The van der Waals surface area contributed by atoms with Crippen LogP contribution in [0.2, 0.25) is 0 Å². The van der Waals surface area contributed by atoms with Crippen LogP contribution < -0.4 is 11.1 Å². The predicted molar refractivity (Wildman–Crippen MR) is 79.0 cm³/mol. The van der Waals surface area contributed by atoms with E-state index in [-0.39, 0.29) is 5.41 Å². The highest BCUT2D eigenvalue weighted by atomic mass is 14.9. The van der Waals surface area contributed by atoms with E-state index in [2.05, 4.69) is 56.2 Å². The van der Waals surface area contributed by atoms with Crippen LogP contribution in [0.1, 0.15) is 33.3 Å². The van der Waals surface area contributed by atoms with E-state index in [4.69, 9.17) is 5.73 Å². The molecule has 0 aliphatic rings. The Labute approximate surface area is 108 Å². The Hall–Kier alpha value is -1.77. The molecule has 18 heavy (non-hydrogen) atoms. The topological polar surface area (TPSA) is 50.9 Å². The molecule has 96 valence electrons. The summed E-state index contributed by atoms with van der Waals surface area (Å²) >= 11 is 0. The molecule has 2 aromatic rings. The molecule has 0 aliphatic carbocycles. The molecule has 0 fully saturated rings. The van der Waals surface area contributed by atoms with E-state index in [0.29, 0.717) is 5.69 Å². The van der Waals surface area contributed by atoms with Gasteiger partial charge in [-0.3, -0.25) is 4.98 Å². The van der Waals surface area contributed by atoms with Crippen LogP contribution in [-0.4, -0.2) is 11.5 Å². The van der Waals surface area contributed by atoms with Crippen molar-refractivity contribution >= 4 is 22.3 Å². The number of nitrogen functional groups attached to an aromatic ring is 1. The molecule has 0 radical (unpaired) electrons. The zero-order valence-corrected chi connectivity index (χ0v) is 11.5. The number of aromatic nitrogens is 1. The van der Waals surface area contributed by atoms with Gasteiger partial charge in [0.1, 0.15) is 0 Å². The largest absolute Gasteiger partial charge is 0.396 e. The molecule has 0 atom stereocenters. The second-order valence-electron chi connectivity index (χ2n) is 5.57. The first-order valence-corrected chi connectivity index (χ1v) is 6.36. The van der Waals surface area contributed by atoms with Crippen molar-refractivity contribution < 1.29 is 0 Å². The van der Waals surface area contributed by atoms with Gasteiger partial charge >= 0.3 is 0 Å². The van der Waals surface area contributed by atoms with Gasteiger partial charge in [0.05, 0.1) is 23.1 Å². The molecule has 3 heteroatoms. The van der Waals surface area contributed by atoms with Crippen LogP contribution in [0.4, 0.5) is 11.4 Å². The smallest absolute Gasteiger partial charge is 0.0761 e. The van der Waals surface area contributed by atoms with E-state index in [0.717, 1.165) is 23.1 Å². The number of fused-ring (bicyclic) bond motifs is 1. The van der Waals surface area contributed by atoms with Gasteiger partial charge in [-0.25, -0.2) is 0 Å². The van der Waals surface area contributed by atoms with Crippen LogP contribution in [0.5, 0.6) is 0 Å². The third-order valence-electron chi connectivity index (χ3n) is 3.09. The standard InChI is InChI=1S/C15H21N3/c1-5-17-14-10-7-6-8-11(15(2,3)4)13(10)18-9-12(14)16/h6-9H,5,16H2,1-4H3,(H,17,18). The SMILES string of the molecule is CCNc1c(N)cnc2c(C(C)(C)C)cccc12. The summed E-state index contributed by atoms with van der Waals surface area (Å²) in [4.78, 5) is 4.53. The van der Waals surface area contributed by atoms with Crippen molar-refractivity contribution in [3.05, 3.63) is 30.0 Å². The minimum atomic E-state index is 0.0755. The van der Waals surface area contributed by atoms with Crippen LogP contribution in [0.3, 0.4) is 0 Å². The van der Waals surface area contributed by atoms with Gasteiger partial charge in [0, 0.05) is 11.9 Å². The fourth-order valence-electron chi connectivity index (χ4n) is 2.22. The second kappa shape index (κ2) is 4.48. The Morgan fingerprint density at radius 3 is 2.61 bits per heavy atom. The zero-order chi connectivity index (χ0) is 13.3. The lowest BCUT2D eigenvalue weighted by atomic mass is 9.85. The van der Waals surface area contributed by atoms with Gasteiger partial charge in [-0.2, -0.15) is 0 Å². The van der Waals surface area contributed by atoms with Crippen molar-refractivity contribution in [1.29, 1.82) is 0 Å². The van der Waals surface area contributed by atoms with Gasteiger partial charge in [-0.1, -0.05) is 39.0 Å². The van der Waals surface area contributed by atoms with Crippen molar-refractivity contribution in [2.75, 3.05) is 17.6 Å². The summed E-state index contributed by atoms with van der Waals surface area (Å²) in [6.07, 6.45) is 1.75. The summed E-state index contributed by atoms with van der Waals surface area (Å²) in [6.45, 7) is 9.52. The van der Waals surface area contributed by atoms with Crippen molar-refractivity contribution in [1.82, 2.24) is 4.98 Å². The fourth-order valence-corrected chi connectivity index (χ4v) is 2.22. The van der Waals surface area contributed by atoms with Crippen LogP contribution in [-0.2, 0) is 5.41 Å². The quantitative estimate of drug-likeness (QED) is 0.848. The molecule has 0 amide bonds. The first kappa shape index (κ1) is 12.7. The maximum Gasteiger partial charge on any atom is 0.0761 e. The summed E-state index contributed by atoms with van der Waals surface area (Å²) in [5.74, 6) is 0. The monoisotopic (exact) mass is 243 g/mol. The number of nitrogens with zero attached hydrogens (tertiary/aromatic N) is 1. The molecule has 0 aliphatic heterocycles. The lowest BCUT2D eigenvalue weighted by molar-refractivity contribution is 0.594. The Kier molecular flexibility index (Phi) is 3.16. The molecular weight excluding hydrogens is 222 g/mol. The first-order valence-electron chi connectivity index (χ1n) is 6.36. The third kappa shape index (κ3) is 2.13. The number of nitrogens with one attached hydrogen (secondary N) is 1. The third-order valence-corrected chi connectivity index (χ3v) is 3.09. The minimum absolute atomic E-state index is 0.0755. The molecule has 0 bridgehead atoms. The van der Waals surface area contributed by atoms with Gasteiger partial charge in [0.25, 0.3) is 0 Å². The molecular formula is C15H21N3. The highest BCUT2D eigenvalue weighted by molar-refractivity contribution is 5.98. The maximum atomic E-state index is 6.01. The molecule has 0 spiro atoms. The van der Waals surface area contributed by atoms with Gasteiger partial charge in [-0.15, -0.1) is 0 Å². The average molecular weight is 243 g/mol. The van der Waals surface area contributed by atoms with Gasteiger partial charge < -0.3 is 11.1 Å². The number of para-hydroxylation sites is 1. The lowest BCUT2D eigenvalue weighted by Gasteiger charge is -2.22. The number of pyridine rings is 1. The van der Waals surface area contributed by atoms with E-state index in [1.807, 2.05) is 0 Å². The molecule has 3 nitrogen and oxygen atoms in total. The Bertz CT molecular complexity index is 568. The molecule has 2 rings (SSSR count). The molecule has 0 saturated heterocycles. The molecule has 0 unspecified atom stereocenters. The Morgan fingerprint density at radius 2 is 2.00 bits per heavy atom. The van der Waals surface area contributed by atoms with Crippen molar-refractivity contribution in [3.63, 3.8) is 0 Å². The normalized spacial score (nSPS) is 11.8. The average Bonchev–Trinajstić information content (AvgIpc) is 2.31. The summed E-state index contributed by atoms with van der Waals surface area (Å²) < 4.78 is 0. The summed E-state index contributed by atoms with van der Waals surface area (Å²) in [5.41, 5.74) is 10.1. The van der Waals surface area contributed by atoms with Crippen molar-refractivity contribution in [2.45, 2.75) is 33.1 Å². The van der Waals surface area contributed by atoms with Crippen LogP contribution in [0.15, 0.2) is 24.4 Å². The molecule has 1 aromatic heterocycles. The molecule has 1 heterocycles. The number of rotatable bonds is 2. The Balaban J connectivity index is 2.77. The highest BCUT2D eigenvalue weighted by Gasteiger charge is 2.18. The van der Waals surface area contributed by atoms with Gasteiger partial charge in [0.2, 0.25) is 0 Å². The van der Waals surface area contributed by atoms with Crippen LogP contribution in [0.25, 0.3) is 10.9 Å². The van der Waals surface area contributed by atoms with Crippen LogP contribution in [0, 0.1) is 0 Å². The zero-order valence-electron chi connectivity index (χ0n) is 11.5. The first-order chi connectivity index (χ1) is 8.45. The second-order valence-corrected chi connectivity index (χ2v) is 5.57. The fraction of sp³-hybridized carbons (Fsp3) is 0.400. The minimum Gasteiger partial charge on any atom is -0.396 e. The number of benzene rings is 1. The summed E-state index contributed by atoms with van der Waals surface area (Å²) in [5, 5.41) is 4.43. The summed E-state index contributed by atoms with van der Waals surface area (Å²) in [7, 11) is 0. The number of nitrogens with two attached hydrogens (primary N) is 1. The summed E-state index contributed by atoms with van der Waals surface area (Å²) in [6, 6.07) is 6.29. The molecule has 3 N–H and O–H groups in total. The van der Waals surface area contributed by atoms with E-state index in [1.165, 1.54) is 5.56 Å². The highest BCUT2D eigenvalue weighted by Crippen LogP contribution is 2.34. The molecule has 1 aromatic carbocycles. The van der Waals surface area contributed by atoms with Gasteiger partial charge in [0.15, 0.2) is 0 Å². The van der Waals surface area contributed by atoms with E-state index >= 15 is 0 Å². The van der Waals surface area contributed by atoms with E-state index < -0.39 is 0 Å². The number of anilines is 2. The predicted octanol–water partition coefficient (Wildman–Crippen LogP) is 3.55. The number of hydrogen-bond acceptors (Lipinski definition) is 3. The Morgan fingerprint density at radius 1 is 1.28 bits per heavy atom. The lowest BCUT2D eigenvalue weighted by Crippen LogP contribution is -2.13. The van der Waals surface area contributed by atoms with E-state index in [1.54, 1.807) is 6.20 Å². The number of hydrogen-bond donors (Lipinski definition) is 2. The molecule has 0 saturated carbocycles.